The van der Waals surface area contributed by atoms with Crippen LogP contribution in [0.25, 0.3) is 9.88 Å². The van der Waals surface area contributed by atoms with Crippen LogP contribution in [0.15, 0.2) is 47.2 Å². The van der Waals surface area contributed by atoms with Crippen molar-refractivity contribution in [1.29, 1.82) is 0 Å². The molecule has 0 atom stereocenters. The summed E-state index contributed by atoms with van der Waals surface area (Å²) in [6, 6.07) is 11.0. The van der Waals surface area contributed by atoms with Gasteiger partial charge in [0.05, 0.1) is 17.6 Å². The molecule has 25 heavy (non-hydrogen) atoms. The number of ether oxygens (including phenoxy) is 1. The van der Waals surface area contributed by atoms with Gasteiger partial charge in [0, 0.05) is 19.0 Å². The number of thiophene rings is 1. The van der Waals surface area contributed by atoms with Crippen LogP contribution in [0, 0.1) is 0 Å². The Labute approximate surface area is 153 Å². The summed E-state index contributed by atoms with van der Waals surface area (Å²) in [7, 11) is 3.09. The highest BCUT2D eigenvalue weighted by molar-refractivity contribution is 7.20. The molecule has 5 nitrogen and oxygen atoms in total. The fraction of sp³-hybridized carbons (Fsp3) is 0.167. The molecule has 0 saturated heterocycles. The van der Waals surface area contributed by atoms with E-state index in [2.05, 4.69) is 9.72 Å². The van der Waals surface area contributed by atoms with Crippen molar-refractivity contribution in [3.8, 4) is 9.88 Å². The molecule has 7 heteroatoms. The van der Waals surface area contributed by atoms with E-state index in [1.807, 2.05) is 29.6 Å². The summed E-state index contributed by atoms with van der Waals surface area (Å²) in [6.45, 7) is 0.437. The van der Waals surface area contributed by atoms with Crippen LogP contribution >= 0.6 is 22.7 Å². The molecule has 2 aromatic heterocycles. The Morgan fingerprint density at radius 3 is 2.56 bits per heavy atom. The molecule has 0 aliphatic carbocycles. The van der Waals surface area contributed by atoms with E-state index in [0.29, 0.717) is 17.8 Å². The number of benzene rings is 1. The largest absolute Gasteiger partial charge is 0.465 e. The summed E-state index contributed by atoms with van der Waals surface area (Å²) in [5.74, 6) is -0.504. The van der Waals surface area contributed by atoms with E-state index in [-0.39, 0.29) is 11.9 Å². The minimum Gasteiger partial charge on any atom is -0.465 e. The molecule has 0 N–H and O–H groups in total. The maximum atomic E-state index is 12.6. The molecule has 0 saturated carbocycles. The molecule has 2 heterocycles. The summed E-state index contributed by atoms with van der Waals surface area (Å²) in [4.78, 5) is 31.1. The van der Waals surface area contributed by atoms with Crippen LogP contribution in [-0.2, 0) is 11.3 Å². The van der Waals surface area contributed by atoms with Crippen molar-refractivity contribution in [2.24, 2.45) is 0 Å². The van der Waals surface area contributed by atoms with E-state index in [1.165, 1.54) is 18.4 Å². The Morgan fingerprint density at radius 2 is 1.92 bits per heavy atom. The molecule has 0 aliphatic heterocycles. The first kappa shape index (κ1) is 17.3. The predicted molar refractivity (Wildman–Crippen MR) is 99.0 cm³/mol. The number of methoxy groups -OCH3 is 1. The van der Waals surface area contributed by atoms with Crippen LogP contribution < -0.4 is 0 Å². The summed E-state index contributed by atoms with van der Waals surface area (Å²) in [6.07, 6.45) is 0. The Balaban J connectivity index is 1.67. The Morgan fingerprint density at radius 1 is 1.16 bits per heavy atom. The number of hydrogen-bond acceptors (Lipinski definition) is 6. The Kier molecular flexibility index (Phi) is 5.25. The van der Waals surface area contributed by atoms with Crippen molar-refractivity contribution in [2.45, 2.75) is 6.54 Å². The van der Waals surface area contributed by atoms with E-state index in [4.69, 9.17) is 0 Å². The highest BCUT2D eigenvalue weighted by Gasteiger charge is 2.17. The van der Waals surface area contributed by atoms with E-state index in [9.17, 15) is 9.59 Å². The van der Waals surface area contributed by atoms with E-state index < -0.39 is 0 Å². The quantitative estimate of drug-likeness (QED) is 0.637. The highest BCUT2D eigenvalue weighted by Crippen LogP contribution is 2.28. The molecule has 3 rings (SSSR count). The fourth-order valence-electron chi connectivity index (χ4n) is 2.29. The first-order chi connectivity index (χ1) is 12.1. The second kappa shape index (κ2) is 7.58. The zero-order valence-corrected chi connectivity index (χ0v) is 15.4. The number of carbonyl (C=O) groups excluding carboxylic acids is 2. The molecule has 3 aromatic rings. The second-order valence-electron chi connectivity index (χ2n) is 5.36. The fourth-order valence-corrected chi connectivity index (χ4v) is 3.90. The van der Waals surface area contributed by atoms with Gasteiger partial charge in [-0.25, -0.2) is 9.78 Å². The van der Waals surface area contributed by atoms with Crippen LogP contribution in [0.4, 0.5) is 0 Å². The molecule has 0 spiro atoms. The van der Waals surface area contributed by atoms with Gasteiger partial charge in [0.25, 0.3) is 5.91 Å². The van der Waals surface area contributed by atoms with Gasteiger partial charge < -0.3 is 9.64 Å². The van der Waals surface area contributed by atoms with Crippen LogP contribution in [0.1, 0.15) is 26.4 Å². The number of nitrogens with zero attached hydrogens (tertiary/aromatic N) is 2. The smallest absolute Gasteiger partial charge is 0.337 e. The normalized spacial score (nSPS) is 10.5. The van der Waals surface area contributed by atoms with Gasteiger partial charge in [0.2, 0.25) is 0 Å². The van der Waals surface area contributed by atoms with Gasteiger partial charge in [0.1, 0.15) is 10.7 Å². The lowest BCUT2D eigenvalue weighted by atomic mass is 10.1. The van der Waals surface area contributed by atoms with Crippen LogP contribution in [0.3, 0.4) is 0 Å². The zero-order valence-electron chi connectivity index (χ0n) is 13.8. The van der Waals surface area contributed by atoms with Gasteiger partial charge in [0.15, 0.2) is 0 Å². The van der Waals surface area contributed by atoms with Gasteiger partial charge in [-0.2, -0.15) is 0 Å². The number of thiazole rings is 1. The van der Waals surface area contributed by atoms with Crippen LogP contribution in [0.5, 0.6) is 0 Å². The summed E-state index contributed by atoms with van der Waals surface area (Å²) >= 11 is 3.07. The molecule has 0 unspecified atom stereocenters. The minimum absolute atomic E-state index is 0.129. The predicted octanol–water partition coefficient (Wildman–Crippen LogP) is 3.93. The molecule has 1 aromatic carbocycles. The lowest BCUT2D eigenvalue weighted by Gasteiger charge is -2.16. The van der Waals surface area contributed by atoms with Crippen molar-refractivity contribution >= 4 is 34.6 Å². The average Bonchev–Trinajstić information content (AvgIpc) is 3.32. The van der Waals surface area contributed by atoms with Crippen molar-refractivity contribution in [3.63, 3.8) is 0 Å². The lowest BCUT2D eigenvalue weighted by Crippen LogP contribution is -2.26. The molecule has 0 radical (unpaired) electrons. The third-order valence-electron chi connectivity index (χ3n) is 3.60. The molecule has 128 valence electrons. The van der Waals surface area contributed by atoms with E-state index >= 15 is 0 Å². The molecule has 0 fully saturated rings. The van der Waals surface area contributed by atoms with Crippen LogP contribution in [-0.4, -0.2) is 35.9 Å². The number of esters is 1. The standard InChI is InChI=1S/C18H16N2O3S2/c1-20(10-12-5-7-13(8-6-12)18(22)23-2)17(21)14-11-25-16(19-14)15-4-3-9-24-15/h3-9,11H,10H2,1-2H3. The first-order valence-electron chi connectivity index (χ1n) is 7.50. The van der Waals surface area contributed by atoms with Gasteiger partial charge in [-0.15, -0.1) is 22.7 Å². The van der Waals surface area contributed by atoms with Crippen LogP contribution in [0.2, 0.25) is 0 Å². The van der Waals surface area contributed by atoms with Crippen molar-refractivity contribution in [1.82, 2.24) is 9.88 Å². The number of rotatable bonds is 5. The second-order valence-corrected chi connectivity index (χ2v) is 7.17. The zero-order chi connectivity index (χ0) is 17.8. The minimum atomic E-state index is -0.375. The molecule has 0 bridgehead atoms. The number of hydrogen-bond donors (Lipinski definition) is 0. The van der Waals surface area contributed by atoms with Gasteiger partial charge in [-0.05, 0) is 29.1 Å². The maximum absolute atomic E-state index is 12.6. The Bertz CT molecular complexity index is 870. The van der Waals surface area contributed by atoms with Crippen molar-refractivity contribution in [2.75, 3.05) is 14.2 Å². The number of amides is 1. The summed E-state index contributed by atoms with van der Waals surface area (Å²) in [5.41, 5.74) is 1.86. The highest BCUT2D eigenvalue weighted by atomic mass is 32.1. The monoisotopic (exact) mass is 372 g/mol. The number of aromatic nitrogens is 1. The maximum Gasteiger partial charge on any atom is 0.337 e. The topological polar surface area (TPSA) is 59.5 Å². The van der Waals surface area contributed by atoms with E-state index in [1.54, 1.807) is 40.8 Å². The SMILES string of the molecule is COC(=O)c1ccc(CN(C)C(=O)c2csc(-c3cccs3)n2)cc1. The molecule has 0 aliphatic rings. The van der Waals surface area contributed by atoms with Gasteiger partial charge >= 0.3 is 5.97 Å². The summed E-state index contributed by atoms with van der Waals surface area (Å²) < 4.78 is 4.68. The van der Waals surface area contributed by atoms with E-state index in [0.717, 1.165) is 15.4 Å². The molecular formula is C18H16N2O3S2. The third kappa shape index (κ3) is 3.94. The summed E-state index contributed by atoms with van der Waals surface area (Å²) in [5, 5.41) is 4.63. The third-order valence-corrected chi connectivity index (χ3v) is 5.48. The molecular weight excluding hydrogens is 356 g/mol. The lowest BCUT2D eigenvalue weighted by molar-refractivity contribution is 0.0600. The first-order valence-corrected chi connectivity index (χ1v) is 9.26. The number of carbonyl (C=O) groups is 2. The van der Waals surface area contributed by atoms with Gasteiger partial charge in [-0.1, -0.05) is 18.2 Å². The van der Waals surface area contributed by atoms with Crippen molar-refractivity contribution in [3.05, 3.63) is 64.0 Å². The van der Waals surface area contributed by atoms with Gasteiger partial charge in [-0.3, -0.25) is 4.79 Å². The molecule has 1 amide bonds. The van der Waals surface area contributed by atoms with Crippen molar-refractivity contribution < 1.29 is 14.3 Å². The average molecular weight is 372 g/mol. The Hall–Kier alpha value is -2.51.